The van der Waals surface area contributed by atoms with E-state index in [1.54, 1.807) is 0 Å². The van der Waals surface area contributed by atoms with E-state index in [0.717, 1.165) is 22.6 Å². The summed E-state index contributed by atoms with van der Waals surface area (Å²) >= 11 is 6.75. The lowest BCUT2D eigenvalue weighted by molar-refractivity contribution is 0.315. The van der Waals surface area contributed by atoms with Gasteiger partial charge < -0.3 is 0 Å². The standard InChI is InChI=1S/C14H15ClN6O2S2/c1-9-6-11-17-8-18-21(11)19-13(9)10-2-4-20(5-3-10)25(22,23)12-7-16-14(15)24-12/h6-8,10H,2-5H2,1H3. The first-order valence-corrected chi connectivity index (χ1v) is 10.4. The van der Waals surface area contributed by atoms with Crippen LogP contribution in [0.5, 0.6) is 0 Å². The summed E-state index contributed by atoms with van der Waals surface area (Å²) in [7, 11) is -3.53. The quantitative estimate of drug-likeness (QED) is 0.670. The highest BCUT2D eigenvalue weighted by Crippen LogP contribution is 2.33. The number of piperidine rings is 1. The molecule has 0 atom stereocenters. The van der Waals surface area contributed by atoms with E-state index in [4.69, 9.17) is 11.6 Å². The van der Waals surface area contributed by atoms with Gasteiger partial charge in [0.2, 0.25) is 0 Å². The van der Waals surface area contributed by atoms with Gasteiger partial charge in [0, 0.05) is 19.0 Å². The summed E-state index contributed by atoms with van der Waals surface area (Å²) in [5, 5.41) is 8.64. The van der Waals surface area contributed by atoms with Gasteiger partial charge in [0.25, 0.3) is 10.0 Å². The van der Waals surface area contributed by atoms with E-state index in [9.17, 15) is 8.42 Å². The Balaban J connectivity index is 1.53. The normalized spacial score (nSPS) is 17.4. The van der Waals surface area contributed by atoms with Crippen LogP contribution in [0.1, 0.15) is 30.0 Å². The molecule has 8 nitrogen and oxygen atoms in total. The highest BCUT2D eigenvalue weighted by Gasteiger charge is 2.32. The Morgan fingerprint density at radius 2 is 2.04 bits per heavy atom. The predicted molar refractivity (Wildman–Crippen MR) is 93.4 cm³/mol. The molecule has 0 saturated carbocycles. The molecule has 0 spiro atoms. The first-order valence-electron chi connectivity index (χ1n) is 7.74. The first kappa shape index (κ1) is 16.8. The molecule has 4 heterocycles. The van der Waals surface area contributed by atoms with Crippen LogP contribution in [0.3, 0.4) is 0 Å². The van der Waals surface area contributed by atoms with Crippen LogP contribution in [0.15, 0.2) is 22.8 Å². The fraction of sp³-hybridized carbons (Fsp3) is 0.429. The lowest BCUT2D eigenvalue weighted by Gasteiger charge is -2.30. The Morgan fingerprint density at radius 3 is 2.72 bits per heavy atom. The number of hydrogen-bond donors (Lipinski definition) is 0. The van der Waals surface area contributed by atoms with Crippen molar-refractivity contribution in [2.24, 2.45) is 0 Å². The zero-order valence-corrected chi connectivity index (χ0v) is 15.7. The van der Waals surface area contributed by atoms with Gasteiger partial charge in [0.05, 0.1) is 11.9 Å². The van der Waals surface area contributed by atoms with Gasteiger partial charge in [-0.2, -0.15) is 9.40 Å². The highest BCUT2D eigenvalue weighted by atomic mass is 35.5. The van der Waals surface area contributed by atoms with Gasteiger partial charge in [-0.05, 0) is 31.4 Å². The van der Waals surface area contributed by atoms with Gasteiger partial charge in [-0.1, -0.05) is 22.9 Å². The van der Waals surface area contributed by atoms with Crippen LogP contribution in [-0.2, 0) is 10.0 Å². The molecular weight excluding hydrogens is 384 g/mol. The van der Waals surface area contributed by atoms with Gasteiger partial charge in [0.1, 0.15) is 6.33 Å². The monoisotopic (exact) mass is 398 g/mol. The maximum Gasteiger partial charge on any atom is 0.254 e. The lowest BCUT2D eigenvalue weighted by Crippen LogP contribution is -2.38. The van der Waals surface area contributed by atoms with Crippen molar-refractivity contribution >= 4 is 38.6 Å². The molecular formula is C14H15ClN6O2S2. The van der Waals surface area contributed by atoms with Crippen LogP contribution >= 0.6 is 22.9 Å². The molecule has 0 bridgehead atoms. The van der Waals surface area contributed by atoms with Crippen molar-refractivity contribution in [2.75, 3.05) is 13.1 Å². The van der Waals surface area contributed by atoms with E-state index < -0.39 is 10.0 Å². The maximum absolute atomic E-state index is 12.7. The number of sulfonamides is 1. The van der Waals surface area contributed by atoms with E-state index >= 15 is 0 Å². The van der Waals surface area contributed by atoms with Gasteiger partial charge in [-0.15, -0.1) is 9.73 Å². The second-order valence-electron chi connectivity index (χ2n) is 5.93. The number of thiazole rings is 1. The summed E-state index contributed by atoms with van der Waals surface area (Å²) in [5.74, 6) is 0.199. The molecule has 4 rings (SSSR count). The zero-order chi connectivity index (χ0) is 17.6. The SMILES string of the molecule is Cc1cc2ncnn2nc1C1CCN(S(=O)(=O)c2cnc(Cl)s2)CC1. The van der Waals surface area contributed by atoms with E-state index in [1.165, 1.54) is 21.5 Å². The van der Waals surface area contributed by atoms with E-state index in [1.807, 2.05) is 13.0 Å². The van der Waals surface area contributed by atoms with Crippen molar-refractivity contribution < 1.29 is 8.42 Å². The van der Waals surface area contributed by atoms with Gasteiger partial charge >= 0.3 is 0 Å². The van der Waals surface area contributed by atoms with Crippen LogP contribution < -0.4 is 0 Å². The van der Waals surface area contributed by atoms with Gasteiger partial charge in [-0.3, -0.25) is 0 Å². The van der Waals surface area contributed by atoms with Crippen molar-refractivity contribution in [3.8, 4) is 0 Å². The summed E-state index contributed by atoms with van der Waals surface area (Å²) < 4.78 is 28.7. The van der Waals surface area contributed by atoms with Crippen molar-refractivity contribution in [1.82, 2.24) is 29.1 Å². The molecule has 25 heavy (non-hydrogen) atoms. The third kappa shape index (κ3) is 3.03. The average Bonchev–Trinajstić information content (AvgIpc) is 3.23. The third-order valence-corrected chi connectivity index (χ3v) is 7.85. The number of nitrogens with zero attached hydrogens (tertiary/aromatic N) is 6. The molecule has 0 N–H and O–H groups in total. The summed E-state index contributed by atoms with van der Waals surface area (Å²) in [6, 6.07) is 1.96. The number of rotatable bonds is 3. The van der Waals surface area contributed by atoms with E-state index in [2.05, 4.69) is 20.2 Å². The second kappa shape index (κ2) is 6.27. The smallest absolute Gasteiger partial charge is 0.232 e. The van der Waals surface area contributed by atoms with Gasteiger partial charge in [-0.25, -0.2) is 18.4 Å². The number of fused-ring (bicyclic) bond motifs is 1. The molecule has 3 aromatic rings. The second-order valence-corrected chi connectivity index (χ2v) is 9.71. The fourth-order valence-electron chi connectivity index (χ4n) is 3.12. The van der Waals surface area contributed by atoms with Crippen LogP contribution in [0.4, 0.5) is 0 Å². The van der Waals surface area contributed by atoms with E-state index in [-0.39, 0.29) is 14.6 Å². The molecule has 1 saturated heterocycles. The molecule has 0 aliphatic carbocycles. The Hall–Kier alpha value is -1.62. The first-order chi connectivity index (χ1) is 11.9. The molecule has 1 aliphatic heterocycles. The predicted octanol–water partition coefficient (Wildman–Crippen LogP) is 2.11. The maximum atomic E-state index is 12.7. The van der Waals surface area contributed by atoms with Crippen molar-refractivity contribution in [3.05, 3.63) is 34.3 Å². The molecule has 0 radical (unpaired) electrons. The van der Waals surface area contributed by atoms with Crippen molar-refractivity contribution in [1.29, 1.82) is 0 Å². The minimum atomic E-state index is -3.53. The third-order valence-electron chi connectivity index (χ3n) is 4.40. The minimum Gasteiger partial charge on any atom is -0.232 e. The molecule has 0 amide bonds. The largest absolute Gasteiger partial charge is 0.254 e. The van der Waals surface area contributed by atoms with Crippen molar-refractivity contribution in [2.45, 2.75) is 29.9 Å². The summed E-state index contributed by atoms with van der Waals surface area (Å²) in [5.41, 5.74) is 2.72. The fourth-order valence-corrected chi connectivity index (χ4v) is 6.04. The molecule has 132 valence electrons. The molecule has 1 fully saturated rings. The molecule has 0 unspecified atom stereocenters. The van der Waals surface area contributed by atoms with Crippen LogP contribution in [0.2, 0.25) is 4.47 Å². The minimum absolute atomic E-state index is 0.189. The molecule has 1 aliphatic rings. The summed E-state index contributed by atoms with van der Waals surface area (Å²) in [6.07, 6.45) is 4.21. The number of aryl methyl sites for hydroxylation is 1. The zero-order valence-electron chi connectivity index (χ0n) is 13.3. The Morgan fingerprint density at radius 1 is 1.28 bits per heavy atom. The lowest BCUT2D eigenvalue weighted by atomic mass is 9.92. The number of hydrogen-bond acceptors (Lipinski definition) is 7. The average molecular weight is 399 g/mol. The van der Waals surface area contributed by atoms with Crippen LogP contribution in [0, 0.1) is 6.92 Å². The molecule has 11 heteroatoms. The number of aromatic nitrogens is 5. The Bertz CT molecular complexity index is 1020. The summed E-state index contributed by atoms with van der Waals surface area (Å²) in [4.78, 5) is 7.96. The van der Waals surface area contributed by atoms with Crippen molar-refractivity contribution in [3.63, 3.8) is 0 Å². The Kier molecular flexibility index (Phi) is 4.22. The van der Waals surface area contributed by atoms with Crippen LogP contribution in [0.25, 0.3) is 5.65 Å². The Labute approximate surface area is 153 Å². The number of halogens is 1. The molecule has 0 aromatic carbocycles. The summed E-state index contributed by atoms with van der Waals surface area (Å²) in [6.45, 7) is 2.89. The molecule has 3 aromatic heterocycles. The highest BCUT2D eigenvalue weighted by molar-refractivity contribution is 7.91. The topological polar surface area (TPSA) is 93.4 Å². The van der Waals surface area contributed by atoms with E-state index in [0.29, 0.717) is 31.6 Å². The van der Waals surface area contributed by atoms with Gasteiger partial charge in [0.15, 0.2) is 14.3 Å². The van der Waals surface area contributed by atoms with Crippen LogP contribution in [-0.4, -0.2) is 50.6 Å².